The Bertz CT molecular complexity index is 479. The number of urea groups is 1. The fraction of sp³-hybridized carbons (Fsp3) is 0.455. The van der Waals surface area contributed by atoms with Crippen molar-refractivity contribution in [3.8, 4) is 0 Å². The molecule has 1 atom stereocenters. The number of carboxylic acids is 1. The van der Waals surface area contributed by atoms with Gasteiger partial charge in [0.25, 0.3) is 0 Å². The highest BCUT2D eigenvalue weighted by atomic mass is 79.9. The number of hydrogen-bond acceptors (Lipinski definition) is 4. The molecule has 1 aliphatic rings. The topological polar surface area (TPSA) is 78.9 Å². The van der Waals surface area contributed by atoms with Gasteiger partial charge in [-0.15, -0.1) is 11.3 Å². The Balaban J connectivity index is 1.84. The molecule has 2 N–H and O–H groups in total. The maximum atomic E-state index is 11.9. The summed E-state index contributed by atoms with van der Waals surface area (Å²) in [5.41, 5.74) is 0. The van der Waals surface area contributed by atoms with Crippen molar-refractivity contribution in [2.24, 2.45) is 0 Å². The SMILES string of the molecule is O=C(O)C1CN(C(=O)NCc2ccc(Br)s2)CCO1. The first-order valence-corrected chi connectivity index (χ1v) is 7.28. The summed E-state index contributed by atoms with van der Waals surface area (Å²) in [5, 5.41) is 11.6. The van der Waals surface area contributed by atoms with Crippen molar-refractivity contribution in [2.75, 3.05) is 19.7 Å². The monoisotopic (exact) mass is 348 g/mol. The van der Waals surface area contributed by atoms with Crippen LogP contribution in [0, 0.1) is 0 Å². The summed E-state index contributed by atoms with van der Waals surface area (Å²) in [6, 6.07) is 3.58. The minimum atomic E-state index is -1.04. The summed E-state index contributed by atoms with van der Waals surface area (Å²) in [7, 11) is 0. The Hall–Kier alpha value is -1.12. The van der Waals surface area contributed by atoms with Gasteiger partial charge in [0.1, 0.15) is 0 Å². The fourth-order valence-electron chi connectivity index (χ4n) is 1.70. The van der Waals surface area contributed by atoms with Crippen LogP contribution in [0.25, 0.3) is 0 Å². The van der Waals surface area contributed by atoms with Crippen molar-refractivity contribution >= 4 is 39.3 Å². The maximum Gasteiger partial charge on any atom is 0.334 e. The number of nitrogens with zero attached hydrogens (tertiary/aromatic N) is 1. The zero-order valence-corrected chi connectivity index (χ0v) is 12.4. The third-order valence-electron chi connectivity index (χ3n) is 2.67. The van der Waals surface area contributed by atoms with E-state index in [1.165, 1.54) is 4.90 Å². The standard InChI is InChI=1S/C11H13BrN2O4S/c12-9-2-1-7(19-9)5-13-11(17)14-3-4-18-8(6-14)10(15)16/h1-2,8H,3-6H2,(H,13,17)(H,15,16). The van der Waals surface area contributed by atoms with Crippen LogP contribution in [0.1, 0.15) is 4.88 Å². The molecule has 1 aromatic heterocycles. The summed E-state index contributed by atoms with van der Waals surface area (Å²) in [6.07, 6.45) is -0.935. The van der Waals surface area contributed by atoms with Gasteiger partial charge in [-0.1, -0.05) is 0 Å². The van der Waals surface area contributed by atoms with Gasteiger partial charge in [0, 0.05) is 11.4 Å². The number of hydrogen-bond donors (Lipinski definition) is 2. The van der Waals surface area contributed by atoms with Gasteiger partial charge in [0.2, 0.25) is 0 Å². The Morgan fingerprint density at radius 3 is 3.00 bits per heavy atom. The predicted molar refractivity (Wildman–Crippen MR) is 73.2 cm³/mol. The summed E-state index contributed by atoms with van der Waals surface area (Å²) in [4.78, 5) is 25.2. The second kappa shape index (κ2) is 6.36. The van der Waals surface area contributed by atoms with Crippen molar-refractivity contribution in [1.82, 2.24) is 10.2 Å². The van der Waals surface area contributed by atoms with E-state index in [0.717, 1.165) is 8.66 Å². The third kappa shape index (κ3) is 3.92. The molecule has 0 bridgehead atoms. The highest BCUT2D eigenvalue weighted by Crippen LogP contribution is 2.21. The third-order valence-corrected chi connectivity index (χ3v) is 4.30. The first-order valence-electron chi connectivity index (χ1n) is 5.67. The molecule has 0 aromatic carbocycles. The number of nitrogens with one attached hydrogen (secondary N) is 1. The first-order chi connectivity index (χ1) is 9.06. The lowest BCUT2D eigenvalue weighted by Gasteiger charge is -2.30. The van der Waals surface area contributed by atoms with E-state index in [2.05, 4.69) is 21.2 Å². The normalized spacial score (nSPS) is 19.2. The molecule has 2 heterocycles. The molecule has 104 valence electrons. The molecule has 0 aliphatic carbocycles. The summed E-state index contributed by atoms with van der Waals surface area (Å²) in [6.45, 7) is 1.16. The molecule has 0 radical (unpaired) electrons. The first kappa shape index (κ1) is 14.3. The van der Waals surface area contributed by atoms with Gasteiger partial charge in [-0.05, 0) is 28.1 Å². The fourth-order valence-corrected chi connectivity index (χ4v) is 3.13. The van der Waals surface area contributed by atoms with E-state index in [0.29, 0.717) is 13.1 Å². The quantitative estimate of drug-likeness (QED) is 0.867. The van der Waals surface area contributed by atoms with Crippen LogP contribution in [-0.4, -0.2) is 47.8 Å². The molecule has 1 saturated heterocycles. The van der Waals surface area contributed by atoms with Crippen LogP contribution in [0.3, 0.4) is 0 Å². The van der Waals surface area contributed by atoms with E-state index in [1.54, 1.807) is 11.3 Å². The van der Waals surface area contributed by atoms with Crippen molar-refractivity contribution in [3.05, 3.63) is 20.8 Å². The van der Waals surface area contributed by atoms with Crippen LogP contribution in [-0.2, 0) is 16.1 Å². The van der Waals surface area contributed by atoms with Crippen molar-refractivity contribution in [1.29, 1.82) is 0 Å². The molecular weight excluding hydrogens is 336 g/mol. The van der Waals surface area contributed by atoms with Crippen LogP contribution in [0.5, 0.6) is 0 Å². The summed E-state index contributed by atoms with van der Waals surface area (Å²) >= 11 is 4.90. The second-order valence-corrected chi connectivity index (χ2v) is 6.56. The number of halogens is 1. The molecule has 0 spiro atoms. The van der Waals surface area contributed by atoms with E-state index in [1.807, 2.05) is 12.1 Å². The van der Waals surface area contributed by atoms with E-state index in [4.69, 9.17) is 9.84 Å². The molecule has 1 unspecified atom stereocenters. The number of carbonyl (C=O) groups is 2. The van der Waals surface area contributed by atoms with Crippen molar-refractivity contribution in [2.45, 2.75) is 12.6 Å². The molecule has 1 fully saturated rings. The summed E-state index contributed by atoms with van der Waals surface area (Å²) in [5.74, 6) is -1.04. The van der Waals surface area contributed by atoms with Crippen LogP contribution in [0.2, 0.25) is 0 Å². The van der Waals surface area contributed by atoms with Gasteiger partial charge in [0.05, 0.1) is 23.5 Å². The molecule has 8 heteroatoms. The molecule has 1 aromatic rings. The van der Waals surface area contributed by atoms with Gasteiger partial charge in [-0.25, -0.2) is 9.59 Å². The van der Waals surface area contributed by atoms with E-state index < -0.39 is 12.1 Å². The Morgan fingerprint density at radius 2 is 2.37 bits per heavy atom. The maximum absolute atomic E-state index is 11.9. The number of thiophene rings is 1. The number of carboxylic acid groups (broad SMARTS) is 1. The van der Waals surface area contributed by atoms with Crippen molar-refractivity contribution in [3.63, 3.8) is 0 Å². The summed E-state index contributed by atoms with van der Waals surface area (Å²) < 4.78 is 6.07. The van der Waals surface area contributed by atoms with E-state index >= 15 is 0 Å². The van der Waals surface area contributed by atoms with Gasteiger partial charge in [0.15, 0.2) is 6.10 Å². The minimum Gasteiger partial charge on any atom is -0.479 e. The number of aliphatic carboxylic acids is 1. The molecular formula is C11H13BrN2O4S. The smallest absolute Gasteiger partial charge is 0.334 e. The molecule has 0 saturated carbocycles. The van der Waals surface area contributed by atoms with Crippen LogP contribution >= 0.6 is 27.3 Å². The molecule has 2 amide bonds. The zero-order chi connectivity index (χ0) is 13.8. The van der Waals surface area contributed by atoms with Crippen LogP contribution in [0.15, 0.2) is 15.9 Å². The van der Waals surface area contributed by atoms with Crippen LogP contribution in [0.4, 0.5) is 4.79 Å². The average molecular weight is 349 g/mol. The molecule has 6 nitrogen and oxygen atoms in total. The molecule has 19 heavy (non-hydrogen) atoms. The lowest BCUT2D eigenvalue weighted by Crippen LogP contribution is -2.51. The average Bonchev–Trinajstić information content (AvgIpc) is 2.82. The number of carbonyl (C=O) groups excluding carboxylic acids is 1. The lowest BCUT2D eigenvalue weighted by atomic mass is 10.3. The number of amides is 2. The van der Waals surface area contributed by atoms with Gasteiger partial charge < -0.3 is 20.1 Å². The van der Waals surface area contributed by atoms with Crippen molar-refractivity contribution < 1.29 is 19.4 Å². The molecule has 2 rings (SSSR count). The van der Waals surface area contributed by atoms with E-state index in [9.17, 15) is 9.59 Å². The number of morpholine rings is 1. The van der Waals surface area contributed by atoms with Gasteiger partial charge in [-0.2, -0.15) is 0 Å². The lowest BCUT2D eigenvalue weighted by molar-refractivity contribution is -0.154. The Kier molecular flexibility index (Phi) is 4.78. The highest BCUT2D eigenvalue weighted by Gasteiger charge is 2.28. The molecule has 1 aliphatic heterocycles. The Morgan fingerprint density at radius 1 is 1.58 bits per heavy atom. The largest absolute Gasteiger partial charge is 0.479 e. The van der Waals surface area contributed by atoms with Crippen LogP contribution < -0.4 is 5.32 Å². The van der Waals surface area contributed by atoms with Gasteiger partial charge in [-0.3, -0.25) is 0 Å². The Labute approximate surface area is 122 Å². The predicted octanol–water partition coefficient (Wildman–Crippen LogP) is 1.51. The number of ether oxygens (including phenoxy) is 1. The van der Waals surface area contributed by atoms with Gasteiger partial charge >= 0.3 is 12.0 Å². The zero-order valence-electron chi connectivity index (χ0n) is 9.97. The number of rotatable bonds is 3. The minimum absolute atomic E-state index is 0.0787. The second-order valence-electron chi connectivity index (χ2n) is 4.01. The van der Waals surface area contributed by atoms with E-state index in [-0.39, 0.29) is 19.2 Å². The highest BCUT2D eigenvalue weighted by molar-refractivity contribution is 9.11.